The highest BCUT2D eigenvalue weighted by Gasteiger charge is 2.18. The van der Waals surface area contributed by atoms with Crippen LogP contribution in [-0.4, -0.2) is 32.9 Å². The van der Waals surface area contributed by atoms with Crippen molar-refractivity contribution in [1.29, 1.82) is 0 Å². The van der Waals surface area contributed by atoms with E-state index in [2.05, 4.69) is 30.4 Å². The van der Waals surface area contributed by atoms with Crippen molar-refractivity contribution < 1.29 is 9.47 Å². The molecule has 0 aromatic heterocycles. The molecule has 1 aliphatic rings. The van der Waals surface area contributed by atoms with Crippen molar-refractivity contribution in [2.45, 2.75) is 51.2 Å². The third-order valence-corrected chi connectivity index (χ3v) is 4.17. The lowest BCUT2D eigenvalue weighted by atomic mass is 9.98. The molecule has 2 rings (SSSR count). The van der Waals surface area contributed by atoms with Gasteiger partial charge in [0.05, 0.1) is 13.2 Å². The van der Waals surface area contributed by atoms with Gasteiger partial charge < -0.3 is 14.8 Å². The molecule has 0 saturated carbocycles. The van der Waals surface area contributed by atoms with E-state index >= 15 is 0 Å². The molecule has 3 heteroatoms. The molecule has 3 nitrogen and oxygen atoms in total. The molecule has 0 spiro atoms. The van der Waals surface area contributed by atoms with Crippen LogP contribution in [0, 0.1) is 6.92 Å². The van der Waals surface area contributed by atoms with Crippen molar-refractivity contribution in [3.63, 3.8) is 0 Å². The Morgan fingerprint density at radius 2 is 2.30 bits per heavy atom. The first-order chi connectivity index (χ1) is 9.72. The van der Waals surface area contributed by atoms with Crippen molar-refractivity contribution in [3.8, 4) is 5.75 Å². The SMILES string of the molecule is CNC(CCC1CCCO1)Cc1cc(C)ccc1OC. The topological polar surface area (TPSA) is 30.5 Å². The Morgan fingerprint density at radius 3 is 2.95 bits per heavy atom. The number of ether oxygens (including phenoxy) is 2. The van der Waals surface area contributed by atoms with Crippen LogP contribution in [0.3, 0.4) is 0 Å². The van der Waals surface area contributed by atoms with Gasteiger partial charge in [-0.1, -0.05) is 17.7 Å². The maximum absolute atomic E-state index is 5.71. The van der Waals surface area contributed by atoms with Crippen LogP contribution in [-0.2, 0) is 11.2 Å². The first kappa shape index (κ1) is 15.3. The Kier molecular flexibility index (Phi) is 5.86. The van der Waals surface area contributed by atoms with E-state index < -0.39 is 0 Å². The lowest BCUT2D eigenvalue weighted by molar-refractivity contribution is 0.0998. The first-order valence-electron chi connectivity index (χ1n) is 7.65. The van der Waals surface area contributed by atoms with Crippen LogP contribution >= 0.6 is 0 Å². The largest absolute Gasteiger partial charge is 0.496 e. The Bertz CT molecular complexity index is 413. The quantitative estimate of drug-likeness (QED) is 0.831. The Hall–Kier alpha value is -1.06. The summed E-state index contributed by atoms with van der Waals surface area (Å²) in [5, 5.41) is 3.43. The van der Waals surface area contributed by atoms with Gasteiger partial charge >= 0.3 is 0 Å². The zero-order valence-electron chi connectivity index (χ0n) is 12.9. The normalized spacial score (nSPS) is 20.1. The van der Waals surface area contributed by atoms with Gasteiger partial charge in [-0.25, -0.2) is 0 Å². The Morgan fingerprint density at radius 1 is 1.45 bits per heavy atom. The average molecular weight is 277 g/mol. The van der Waals surface area contributed by atoms with Gasteiger partial charge in [0.25, 0.3) is 0 Å². The summed E-state index contributed by atoms with van der Waals surface area (Å²) in [4.78, 5) is 0. The number of rotatable bonds is 7. The molecule has 1 aromatic rings. The first-order valence-corrected chi connectivity index (χ1v) is 7.65. The fraction of sp³-hybridized carbons (Fsp3) is 0.647. The summed E-state index contributed by atoms with van der Waals surface area (Å²) >= 11 is 0. The second-order valence-corrected chi connectivity index (χ2v) is 5.72. The van der Waals surface area contributed by atoms with Gasteiger partial charge in [0.2, 0.25) is 0 Å². The summed E-state index contributed by atoms with van der Waals surface area (Å²) in [7, 11) is 3.79. The number of nitrogens with one attached hydrogen (secondary N) is 1. The molecule has 1 heterocycles. The van der Waals surface area contributed by atoms with E-state index in [1.807, 2.05) is 7.05 Å². The Balaban J connectivity index is 1.92. The predicted octanol–water partition coefficient (Wildman–Crippen LogP) is 3.09. The van der Waals surface area contributed by atoms with Crippen LogP contribution < -0.4 is 10.1 Å². The summed E-state index contributed by atoms with van der Waals surface area (Å²) < 4.78 is 11.2. The van der Waals surface area contributed by atoms with Gasteiger partial charge in [0, 0.05) is 12.6 Å². The van der Waals surface area contributed by atoms with Crippen LogP contribution in [0.5, 0.6) is 5.75 Å². The molecule has 1 aromatic carbocycles. The highest BCUT2D eigenvalue weighted by molar-refractivity contribution is 5.37. The molecule has 112 valence electrons. The Labute approximate surface area is 122 Å². The summed E-state index contributed by atoms with van der Waals surface area (Å²) in [6.45, 7) is 3.07. The lowest BCUT2D eigenvalue weighted by Crippen LogP contribution is -2.29. The molecule has 0 aliphatic carbocycles. The second kappa shape index (κ2) is 7.65. The van der Waals surface area contributed by atoms with Gasteiger partial charge in [-0.05, 0) is 57.7 Å². The number of benzene rings is 1. The molecule has 1 fully saturated rings. The van der Waals surface area contributed by atoms with Crippen LogP contribution in [0.15, 0.2) is 18.2 Å². The van der Waals surface area contributed by atoms with Crippen LogP contribution in [0.2, 0.25) is 0 Å². The molecule has 1 N–H and O–H groups in total. The van der Waals surface area contributed by atoms with E-state index in [-0.39, 0.29) is 0 Å². The molecule has 1 aliphatic heterocycles. The highest BCUT2D eigenvalue weighted by atomic mass is 16.5. The number of hydrogen-bond donors (Lipinski definition) is 1. The van der Waals surface area contributed by atoms with Gasteiger partial charge in [-0.15, -0.1) is 0 Å². The molecule has 2 atom stereocenters. The number of likely N-dealkylation sites (N-methyl/N-ethyl adjacent to an activating group) is 1. The number of hydrogen-bond acceptors (Lipinski definition) is 3. The monoisotopic (exact) mass is 277 g/mol. The zero-order valence-corrected chi connectivity index (χ0v) is 12.9. The van der Waals surface area contributed by atoms with Crippen molar-refractivity contribution >= 4 is 0 Å². The van der Waals surface area contributed by atoms with E-state index in [0.29, 0.717) is 12.1 Å². The van der Waals surface area contributed by atoms with Gasteiger partial charge in [-0.2, -0.15) is 0 Å². The van der Waals surface area contributed by atoms with E-state index in [1.165, 1.54) is 24.0 Å². The van der Waals surface area contributed by atoms with Crippen LogP contribution in [0.1, 0.15) is 36.8 Å². The fourth-order valence-corrected chi connectivity index (χ4v) is 2.94. The molecule has 20 heavy (non-hydrogen) atoms. The van der Waals surface area contributed by atoms with Crippen molar-refractivity contribution in [1.82, 2.24) is 5.32 Å². The molecule has 1 saturated heterocycles. The molecule has 0 amide bonds. The summed E-state index contributed by atoms with van der Waals surface area (Å²) in [5.41, 5.74) is 2.58. The smallest absolute Gasteiger partial charge is 0.122 e. The van der Waals surface area contributed by atoms with E-state index in [0.717, 1.165) is 31.6 Å². The molecule has 2 unspecified atom stereocenters. The van der Waals surface area contributed by atoms with Crippen LogP contribution in [0.4, 0.5) is 0 Å². The van der Waals surface area contributed by atoms with Gasteiger partial charge in [0.15, 0.2) is 0 Å². The van der Waals surface area contributed by atoms with E-state index in [4.69, 9.17) is 9.47 Å². The predicted molar refractivity (Wildman–Crippen MR) is 82.5 cm³/mol. The van der Waals surface area contributed by atoms with Gasteiger partial charge in [0.1, 0.15) is 5.75 Å². The third-order valence-electron chi connectivity index (χ3n) is 4.17. The molecular formula is C17H27NO2. The maximum Gasteiger partial charge on any atom is 0.122 e. The van der Waals surface area contributed by atoms with E-state index in [1.54, 1.807) is 7.11 Å². The minimum Gasteiger partial charge on any atom is -0.496 e. The average Bonchev–Trinajstić information content (AvgIpc) is 2.97. The molecular weight excluding hydrogens is 250 g/mol. The third kappa shape index (κ3) is 4.22. The lowest BCUT2D eigenvalue weighted by Gasteiger charge is -2.20. The zero-order chi connectivity index (χ0) is 14.4. The van der Waals surface area contributed by atoms with Crippen molar-refractivity contribution in [3.05, 3.63) is 29.3 Å². The summed E-state index contributed by atoms with van der Waals surface area (Å²) in [6.07, 6.45) is 6.24. The molecule has 0 radical (unpaired) electrons. The second-order valence-electron chi connectivity index (χ2n) is 5.72. The van der Waals surface area contributed by atoms with Crippen molar-refractivity contribution in [2.75, 3.05) is 20.8 Å². The minimum atomic E-state index is 0.477. The highest BCUT2D eigenvalue weighted by Crippen LogP contribution is 2.23. The number of aryl methyl sites for hydroxylation is 1. The number of methoxy groups -OCH3 is 1. The molecule has 0 bridgehead atoms. The minimum absolute atomic E-state index is 0.477. The van der Waals surface area contributed by atoms with Crippen LogP contribution in [0.25, 0.3) is 0 Å². The van der Waals surface area contributed by atoms with Gasteiger partial charge in [-0.3, -0.25) is 0 Å². The summed E-state index contributed by atoms with van der Waals surface area (Å²) in [5.74, 6) is 0.993. The van der Waals surface area contributed by atoms with E-state index in [9.17, 15) is 0 Å². The standard InChI is InChI=1S/C17H27NO2/c1-13-6-9-17(19-3)14(11-13)12-15(18-2)7-8-16-5-4-10-20-16/h6,9,11,15-16,18H,4-5,7-8,10,12H2,1-3H3. The summed E-state index contributed by atoms with van der Waals surface area (Å²) in [6, 6.07) is 6.88. The van der Waals surface area contributed by atoms with Crippen molar-refractivity contribution in [2.24, 2.45) is 0 Å². The fourth-order valence-electron chi connectivity index (χ4n) is 2.94. The maximum atomic E-state index is 5.71.